The maximum Gasteiger partial charge on any atom is 0.229 e. The maximum absolute atomic E-state index is 5.87. The second kappa shape index (κ2) is 12.0. The highest BCUT2D eigenvalue weighted by Gasteiger charge is 2.33. The van der Waals surface area contributed by atoms with Crippen LogP contribution in [0.15, 0.2) is 24.4 Å². The number of piperazine rings is 1. The number of fused-ring (bicyclic) bond motifs is 1. The Balaban J connectivity index is 1.17. The van der Waals surface area contributed by atoms with Crippen molar-refractivity contribution in [3.8, 4) is 5.75 Å². The molecular weight excluding hydrogens is 500 g/mol. The van der Waals surface area contributed by atoms with Gasteiger partial charge in [0.15, 0.2) is 5.82 Å². The molecule has 1 aromatic carbocycles. The van der Waals surface area contributed by atoms with Gasteiger partial charge >= 0.3 is 0 Å². The van der Waals surface area contributed by atoms with E-state index in [-0.39, 0.29) is 0 Å². The fourth-order valence-corrected chi connectivity index (χ4v) is 7.23. The van der Waals surface area contributed by atoms with Gasteiger partial charge in [-0.05, 0) is 58.2 Å². The van der Waals surface area contributed by atoms with Gasteiger partial charge in [0, 0.05) is 82.7 Å². The SMILES string of the molecule is COc1cc(N2CCC(N3CCN(C)CC3)CC2)ccc1Nc1ncc2c(n1)N(C1CCCC1)C(C)CCN2C. The highest BCUT2D eigenvalue weighted by molar-refractivity contribution is 5.72. The molecule has 3 fully saturated rings. The fraction of sp³-hybridized carbons (Fsp3) is 0.677. The molecule has 40 heavy (non-hydrogen) atoms. The number of hydrogen-bond acceptors (Lipinski definition) is 9. The van der Waals surface area contributed by atoms with Crippen LogP contribution in [0.25, 0.3) is 0 Å². The molecule has 1 saturated carbocycles. The third kappa shape index (κ3) is 5.68. The molecule has 4 heterocycles. The van der Waals surface area contributed by atoms with E-state index in [1.165, 1.54) is 70.4 Å². The maximum atomic E-state index is 5.87. The van der Waals surface area contributed by atoms with E-state index < -0.39 is 0 Å². The van der Waals surface area contributed by atoms with Crippen LogP contribution in [0.1, 0.15) is 51.9 Å². The molecule has 0 bridgehead atoms. The smallest absolute Gasteiger partial charge is 0.229 e. The van der Waals surface area contributed by atoms with Gasteiger partial charge in [-0.1, -0.05) is 12.8 Å². The number of ether oxygens (including phenoxy) is 1. The summed E-state index contributed by atoms with van der Waals surface area (Å²) in [7, 11) is 6.14. The van der Waals surface area contributed by atoms with Crippen molar-refractivity contribution in [2.24, 2.45) is 0 Å². The van der Waals surface area contributed by atoms with Crippen molar-refractivity contribution in [1.29, 1.82) is 0 Å². The number of piperidine rings is 1. The van der Waals surface area contributed by atoms with Gasteiger partial charge in [0.1, 0.15) is 5.75 Å². The largest absolute Gasteiger partial charge is 0.494 e. The van der Waals surface area contributed by atoms with Gasteiger partial charge in [-0.3, -0.25) is 4.90 Å². The monoisotopic (exact) mass is 548 g/mol. The summed E-state index contributed by atoms with van der Waals surface area (Å²) in [6.45, 7) is 10.3. The number of methoxy groups -OCH3 is 1. The molecule has 1 N–H and O–H groups in total. The number of benzene rings is 1. The van der Waals surface area contributed by atoms with E-state index in [0.717, 1.165) is 49.0 Å². The number of anilines is 5. The highest BCUT2D eigenvalue weighted by atomic mass is 16.5. The molecule has 1 aromatic heterocycles. The molecule has 9 nitrogen and oxygen atoms in total. The molecular formula is C31H48N8O. The first-order valence-electron chi connectivity index (χ1n) is 15.5. The summed E-state index contributed by atoms with van der Waals surface area (Å²) in [6, 6.07) is 8.25. The normalized spacial score (nSPS) is 23.8. The average molecular weight is 549 g/mol. The number of aromatic nitrogens is 2. The van der Waals surface area contributed by atoms with Gasteiger partial charge in [0.2, 0.25) is 5.95 Å². The molecule has 9 heteroatoms. The lowest BCUT2D eigenvalue weighted by atomic mass is 10.0. The Morgan fingerprint density at radius 1 is 0.875 bits per heavy atom. The van der Waals surface area contributed by atoms with Gasteiger partial charge in [-0.25, -0.2) is 4.98 Å². The van der Waals surface area contributed by atoms with E-state index in [9.17, 15) is 0 Å². The highest BCUT2D eigenvalue weighted by Crippen LogP contribution is 2.39. The van der Waals surface area contributed by atoms with E-state index in [2.05, 4.69) is 69.0 Å². The Morgan fingerprint density at radius 3 is 2.35 bits per heavy atom. The van der Waals surface area contributed by atoms with Crippen LogP contribution in [0.2, 0.25) is 0 Å². The predicted octanol–water partition coefficient (Wildman–Crippen LogP) is 4.42. The topological polar surface area (TPSA) is 63.2 Å². The van der Waals surface area contributed by atoms with Crippen LogP contribution >= 0.6 is 0 Å². The van der Waals surface area contributed by atoms with Gasteiger partial charge in [-0.2, -0.15) is 4.98 Å². The Morgan fingerprint density at radius 2 is 1.62 bits per heavy atom. The zero-order chi connectivity index (χ0) is 27.6. The molecule has 4 aliphatic rings. The summed E-state index contributed by atoms with van der Waals surface area (Å²) in [5.74, 6) is 2.52. The molecule has 0 radical (unpaired) electrons. The summed E-state index contributed by atoms with van der Waals surface area (Å²) in [6.07, 6.45) is 10.7. The zero-order valence-corrected chi connectivity index (χ0v) is 25.0. The second-order valence-corrected chi connectivity index (χ2v) is 12.4. The van der Waals surface area contributed by atoms with Crippen LogP contribution in [-0.2, 0) is 0 Å². The van der Waals surface area contributed by atoms with E-state index in [1.54, 1.807) is 7.11 Å². The van der Waals surface area contributed by atoms with Gasteiger partial charge < -0.3 is 29.7 Å². The van der Waals surface area contributed by atoms with Crippen LogP contribution in [0.5, 0.6) is 5.75 Å². The molecule has 3 aliphatic heterocycles. The molecule has 1 unspecified atom stereocenters. The molecule has 2 saturated heterocycles. The zero-order valence-electron chi connectivity index (χ0n) is 25.0. The second-order valence-electron chi connectivity index (χ2n) is 12.4. The number of hydrogen-bond donors (Lipinski definition) is 1. The third-order valence-corrected chi connectivity index (χ3v) is 9.80. The summed E-state index contributed by atoms with van der Waals surface area (Å²) in [5, 5.41) is 3.50. The molecule has 2 aromatic rings. The van der Waals surface area contributed by atoms with Gasteiger partial charge in [-0.15, -0.1) is 0 Å². The van der Waals surface area contributed by atoms with E-state index in [4.69, 9.17) is 14.7 Å². The lowest BCUT2D eigenvalue weighted by molar-refractivity contribution is 0.0982. The molecule has 0 spiro atoms. The summed E-state index contributed by atoms with van der Waals surface area (Å²) >= 11 is 0. The van der Waals surface area contributed by atoms with Crippen molar-refractivity contribution in [1.82, 2.24) is 19.8 Å². The van der Waals surface area contributed by atoms with E-state index >= 15 is 0 Å². The Bertz CT molecular complexity index is 1140. The van der Waals surface area contributed by atoms with Crippen LogP contribution in [0.4, 0.5) is 28.8 Å². The molecule has 6 rings (SSSR count). The van der Waals surface area contributed by atoms with Crippen molar-refractivity contribution >= 4 is 28.8 Å². The molecule has 218 valence electrons. The number of nitrogens with zero attached hydrogens (tertiary/aromatic N) is 7. The lowest BCUT2D eigenvalue weighted by Gasteiger charge is -2.42. The summed E-state index contributed by atoms with van der Waals surface area (Å²) < 4.78 is 5.87. The van der Waals surface area contributed by atoms with Crippen LogP contribution in [0, 0.1) is 0 Å². The third-order valence-electron chi connectivity index (χ3n) is 9.80. The average Bonchev–Trinajstić information content (AvgIpc) is 3.47. The van der Waals surface area contributed by atoms with Crippen molar-refractivity contribution < 1.29 is 4.74 Å². The first kappa shape index (κ1) is 27.4. The van der Waals surface area contributed by atoms with Gasteiger partial charge in [0.25, 0.3) is 0 Å². The van der Waals surface area contributed by atoms with Crippen molar-refractivity contribution in [2.45, 2.75) is 70.0 Å². The Kier molecular flexibility index (Phi) is 8.21. The van der Waals surface area contributed by atoms with E-state index in [1.807, 2.05) is 6.20 Å². The van der Waals surface area contributed by atoms with Crippen molar-refractivity contribution in [3.05, 3.63) is 24.4 Å². The molecule has 0 amide bonds. The quantitative estimate of drug-likeness (QED) is 0.565. The van der Waals surface area contributed by atoms with Crippen molar-refractivity contribution in [2.75, 3.05) is 87.0 Å². The molecule has 1 aliphatic carbocycles. The Labute approximate surface area is 240 Å². The predicted molar refractivity (Wildman–Crippen MR) is 165 cm³/mol. The minimum absolute atomic E-state index is 0.462. The first-order chi connectivity index (χ1) is 19.5. The minimum Gasteiger partial charge on any atom is -0.494 e. The summed E-state index contributed by atoms with van der Waals surface area (Å²) in [4.78, 5) is 22.4. The standard InChI is InChI=1S/C31H48N8O/c1-23-11-14-36(3)28-22-32-31(34-30(28)39(23)25-7-5-6-8-25)33-27-10-9-26(21-29(27)40-4)37-15-12-24(13-16-37)38-19-17-35(2)18-20-38/h9-10,21-25H,5-8,11-20H2,1-4H3,(H,32,33,34). The lowest BCUT2D eigenvalue weighted by Crippen LogP contribution is -2.52. The fourth-order valence-electron chi connectivity index (χ4n) is 7.23. The van der Waals surface area contributed by atoms with Crippen LogP contribution in [-0.4, -0.2) is 105 Å². The Hall–Kier alpha value is -2.78. The van der Waals surface area contributed by atoms with E-state index in [0.29, 0.717) is 24.1 Å². The first-order valence-corrected chi connectivity index (χ1v) is 15.5. The van der Waals surface area contributed by atoms with Crippen molar-refractivity contribution in [3.63, 3.8) is 0 Å². The van der Waals surface area contributed by atoms with Crippen LogP contribution in [0.3, 0.4) is 0 Å². The van der Waals surface area contributed by atoms with Gasteiger partial charge in [0.05, 0.1) is 24.7 Å². The number of nitrogens with one attached hydrogen (secondary N) is 1. The number of likely N-dealkylation sites (N-methyl/N-ethyl adjacent to an activating group) is 1. The minimum atomic E-state index is 0.462. The van der Waals surface area contributed by atoms with Crippen LogP contribution < -0.4 is 24.8 Å². The number of rotatable bonds is 6. The molecule has 1 atom stereocenters. The summed E-state index contributed by atoms with van der Waals surface area (Å²) in [5.41, 5.74) is 3.26.